The van der Waals surface area contributed by atoms with E-state index < -0.39 is 29.8 Å². The normalized spacial score (nSPS) is 17.3. The van der Waals surface area contributed by atoms with Crippen LogP contribution < -0.4 is 4.74 Å². The number of halogens is 5. The van der Waals surface area contributed by atoms with Crippen molar-refractivity contribution in [2.75, 3.05) is 0 Å². The molecule has 0 fully saturated rings. The quantitative estimate of drug-likeness (QED) is 0.749. The summed E-state index contributed by atoms with van der Waals surface area (Å²) in [5, 5.41) is 4.30. The summed E-state index contributed by atoms with van der Waals surface area (Å²) >= 11 is 1.01. The van der Waals surface area contributed by atoms with Gasteiger partial charge in [0, 0.05) is 31.0 Å². The highest BCUT2D eigenvalue weighted by Crippen LogP contribution is 2.40. The Morgan fingerprint density at radius 3 is 2.57 bits per heavy atom. The van der Waals surface area contributed by atoms with Gasteiger partial charge in [-0.25, -0.2) is 0 Å². The zero-order valence-electron chi connectivity index (χ0n) is 12.6. The maximum atomic E-state index is 13.1. The second kappa shape index (κ2) is 6.21. The molecule has 0 saturated heterocycles. The maximum Gasteiger partial charge on any atom is 0.418 e. The number of alkyl halides is 5. The average molecular weight is 358 g/mol. The van der Waals surface area contributed by atoms with Gasteiger partial charge in [-0.05, 0) is 13.8 Å². The van der Waals surface area contributed by atoms with Crippen molar-refractivity contribution in [3.8, 4) is 5.88 Å². The van der Waals surface area contributed by atoms with Crippen molar-refractivity contribution < 1.29 is 31.5 Å². The van der Waals surface area contributed by atoms with Crippen molar-refractivity contribution in [2.24, 2.45) is 12.2 Å². The Kier molecular flexibility index (Phi) is 4.84. The van der Waals surface area contributed by atoms with Crippen molar-refractivity contribution in [2.45, 2.75) is 44.4 Å². The summed E-state index contributed by atoms with van der Waals surface area (Å²) in [6.07, 6.45) is -3.48. The van der Waals surface area contributed by atoms with Gasteiger partial charge in [0.25, 0.3) is 0 Å². The van der Waals surface area contributed by atoms with Gasteiger partial charge < -0.3 is 14.1 Å². The van der Waals surface area contributed by atoms with E-state index in [1.807, 2.05) is 0 Å². The third-order valence-electron chi connectivity index (χ3n) is 3.09. The molecule has 23 heavy (non-hydrogen) atoms. The van der Waals surface area contributed by atoms with Crippen LogP contribution in [-0.4, -0.2) is 21.8 Å². The average Bonchev–Trinajstić information content (AvgIpc) is 2.88. The number of nitrogens with zero attached hydrogens (tertiary/aromatic N) is 2. The minimum Gasteiger partial charge on any atom is -0.418 e. The monoisotopic (exact) mass is 358 g/mol. The highest BCUT2D eigenvalue weighted by atomic mass is 32.2. The summed E-state index contributed by atoms with van der Waals surface area (Å²) in [6.45, 7) is 0.373. The van der Waals surface area contributed by atoms with Crippen LogP contribution in [0.1, 0.15) is 31.4 Å². The number of hydrogen-bond acceptors (Lipinski definition) is 4. The lowest BCUT2D eigenvalue weighted by Crippen LogP contribution is -2.18. The topological polar surface area (TPSA) is 35.8 Å². The fourth-order valence-corrected chi connectivity index (χ4v) is 3.25. The predicted octanol–water partition coefficient (Wildman–Crippen LogP) is 4.39. The molecule has 0 atom stereocenters. The molecule has 0 amide bonds. The van der Waals surface area contributed by atoms with Gasteiger partial charge in [-0.15, -0.1) is 11.8 Å². The SMILES string of the molecule is Cn1cc(C(F)(F)F)c(CSC2=NOC(C)(C)C2)c1OC(F)F. The Hall–Kier alpha value is -1.45. The van der Waals surface area contributed by atoms with Crippen molar-refractivity contribution >= 4 is 16.8 Å². The molecule has 1 aliphatic rings. The first kappa shape index (κ1) is 17.9. The van der Waals surface area contributed by atoms with Crippen LogP contribution in [0.25, 0.3) is 0 Å². The van der Waals surface area contributed by atoms with Gasteiger partial charge in [0.15, 0.2) is 0 Å². The predicted molar refractivity (Wildman–Crippen MR) is 75.6 cm³/mol. The van der Waals surface area contributed by atoms with E-state index in [2.05, 4.69) is 9.89 Å². The molecular weight excluding hydrogens is 343 g/mol. The van der Waals surface area contributed by atoms with E-state index in [9.17, 15) is 22.0 Å². The standard InChI is InChI=1S/C13H15F5N2O2S/c1-12(2)4-9(19-22-12)23-6-7-8(13(16,17)18)5-20(3)10(7)21-11(14)15/h5,11H,4,6H2,1-3H3. The minimum atomic E-state index is -4.66. The van der Waals surface area contributed by atoms with Crippen molar-refractivity contribution in [1.29, 1.82) is 0 Å². The maximum absolute atomic E-state index is 13.1. The summed E-state index contributed by atoms with van der Waals surface area (Å²) in [7, 11) is 1.22. The van der Waals surface area contributed by atoms with Crippen LogP contribution >= 0.6 is 11.8 Å². The molecule has 0 N–H and O–H groups in total. The van der Waals surface area contributed by atoms with Gasteiger partial charge in [0.1, 0.15) is 10.6 Å². The van der Waals surface area contributed by atoms with Crippen LogP contribution in [0.5, 0.6) is 5.88 Å². The fourth-order valence-electron chi connectivity index (χ4n) is 2.12. The molecule has 2 heterocycles. The Morgan fingerprint density at radius 2 is 2.09 bits per heavy atom. The molecular formula is C13H15F5N2O2S. The molecule has 0 bridgehead atoms. The van der Waals surface area contributed by atoms with Crippen LogP contribution in [0.2, 0.25) is 0 Å². The van der Waals surface area contributed by atoms with Gasteiger partial charge in [0.05, 0.1) is 5.56 Å². The van der Waals surface area contributed by atoms with Crippen molar-refractivity contribution in [3.63, 3.8) is 0 Å². The number of hydrogen-bond donors (Lipinski definition) is 0. The molecule has 130 valence electrons. The number of thioether (sulfide) groups is 1. The number of ether oxygens (including phenoxy) is 1. The van der Waals surface area contributed by atoms with E-state index in [1.165, 1.54) is 7.05 Å². The van der Waals surface area contributed by atoms with Gasteiger partial charge in [-0.1, -0.05) is 5.16 Å². The third-order valence-corrected chi connectivity index (χ3v) is 4.07. The first-order chi connectivity index (χ1) is 10.5. The van der Waals surface area contributed by atoms with Gasteiger partial charge in [0.2, 0.25) is 5.88 Å². The Labute approximate surface area is 133 Å². The molecule has 0 aromatic carbocycles. The summed E-state index contributed by atoms with van der Waals surface area (Å²) in [6, 6.07) is 0. The van der Waals surface area contributed by atoms with E-state index in [0.717, 1.165) is 22.5 Å². The number of aryl methyl sites for hydroxylation is 1. The summed E-state index contributed by atoms with van der Waals surface area (Å²) in [5.41, 5.74) is -1.85. The van der Waals surface area contributed by atoms with Crippen LogP contribution in [0.15, 0.2) is 11.4 Å². The van der Waals surface area contributed by atoms with Crippen molar-refractivity contribution in [1.82, 2.24) is 4.57 Å². The highest BCUT2D eigenvalue weighted by Gasteiger charge is 2.38. The summed E-state index contributed by atoms with van der Waals surface area (Å²) in [5.74, 6) is -0.700. The molecule has 10 heteroatoms. The molecule has 0 aliphatic carbocycles. The first-order valence-corrected chi connectivity index (χ1v) is 7.56. The van der Waals surface area contributed by atoms with Crippen LogP contribution in [0.4, 0.5) is 22.0 Å². The minimum absolute atomic E-state index is 0.198. The fraction of sp³-hybridized carbons (Fsp3) is 0.615. The molecule has 0 radical (unpaired) electrons. The largest absolute Gasteiger partial charge is 0.418 e. The van der Waals surface area contributed by atoms with Gasteiger partial charge in [-0.3, -0.25) is 0 Å². The van der Waals surface area contributed by atoms with E-state index in [1.54, 1.807) is 13.8 Å². The molecule has 1 aromatic heterocycles. The lowest BCUT2D eigenvalue weighted by atomic mass is 10.1. The highest BCUT2D eigenvalue weighted by molar-refractivity contribution is 8.13. The molecule has 4 nitrogen and oxygen atoms in total. The van der Waals surface area contributed by atoms with E-state index in [4.69, 9.17) is 4.84 Å². The third kappa shape index (κ3) is 4.30. The molecule has 0 saturated carbocycles. The second-order valence-corrected chi connectivity index (χ2v) is 6.66. The number of oxime groups is 1. The summed E-state index contributed by atoms with van der Waals surface area (Å²) in [4.78, 5) is 5.13. The molecule has 0 unspecified atom stereocenters. The lowest BCUT2D eigenvalue weighted by Gasteiger charge is -2.13. The molecule has 1 aliphatic heterocycles. The Morgan fingerprint density at radius 1 is 1.43 bits per heavy atom. The van der Waals surface area contributed by atoms with Crippen LogP contribution in [0.3, 0.4) is 0 Å². The molecule has 1 aromatic rings. The molecule has 2 rings (SSSR count). The molecule has 0 spiro atoms. The lowest BCUT2D eigenvalue weighted by molar-refractivity contribution is -0.138. The van der Waals surface area contributed by atoms with Gasteiger partial charge in [-0.2, -0.15) is 22.0 Å². The zero-order valence-corrected chi connectivity index (χ0v) is 13.4. The van der Waals surface area contributed by atoms with Crippen LogP contribution in [-0.2, 0) is 23.8 Å². The second-order valence-electron chi connectivity index (χ2n) is 5.62. The summed E-state index contributed by atoms with van der Waals surface area (Å²) < 4.78 is 69.3. The van der Waals surface area contributed by atoms with E-state index in [0.29, 0.717) is 11.5 Å². The van der Waals surface area contributed by atoms with Crippen LogP contribution in [0, 0.1) is 0 Å². The van der Waals surface area contributed by atoms with E-state index in [-0.39, 0.29) is 11.3 Å². The van der Waals surface area contributed by atoms with Crippen molar-refractivity contribution in [3.05, 3.63) is 17.3 Å². The smallest absolute Gasteiger partial charge is 0.418 e. The van der Waals surface area contributed by atoms with Gasteiger partial charge >= 0.3 is 12.8 Å². The number of rotatable bonds is 4. The Balaban J connectivity index is 2.24. The Bertz CT molecular complexity index is 610. The zero-order chi connectivity index (χ0) is 17.4. The first-order valence-electron chi connectivity index (χ1n) is 6.57. The van der Waals surface area contributed by atoms with E-state index >= 15 is 0 Å². The number of aromatic nitrogens is 1.